The number of benzene rings is 1. The average Bonchev–Trinajstić information content (AvgIpc) is 3.11. The molecule has 0 heterocycles. The molecule has 106 valence electrons. The first-order chi connectivity index (χ1) is 9.56. The third kappa shape index (κ3) is 2.86. The molecule has 0 spiro atoms. The van der Waals surface area contributed by atoms with Crippen LogP contribution in [0.4, 0.5) is 0 Å². The molecular formula is C16H19NO2S. The molecule has 3 rings (SSSR count). The molecule has 20 heavy (non-hydrogen) atoms. The van der Waals surface area contributed by atoms with Crippen LogP contribution in [0.2, 0.25) is 0 Å². The van der Waals surface area contributed by atoms with Crippen molar-refractivity contribution >= 4 is 10.0 Å². The molecule has 4 heteroatoms. The summed E-state index contributed by atoms with van der Waals surface area (Å²) in [4.78, 5) is 0.348. The van der Waals surface area contributed by atoms with Crippen LogP contribution in [0.15, 0.2) is 53.0 Å². The summed E-state index contributed by atoms with van der Waals surface area (Å²) in [5, 5.41) is 0. The molecule has 1 fully saturated rings. The SMILES string of the molecule is Cc1ccc(S(=O)(=O)NC(C2=CC=CC2)C2CC2)cc1. The zero-order valence-corrected chi connectivity index (χ0v) is 12.4. The van der Waals surface area contributed by atoms with Gasteiger partial charge in [0.25, 0.3) is 0 Å². The lowest BCUT2D eigenvalue weighted by atomic mass is 10.0. The number of aryl methyl sites for hydroxylation is 1. The van der Waals surface area contributed by atoms with Crippen LogP contribution in [0, 0.1) is 12.8 Å². The van der Waals surface area contributed by atoms with Gasteiger partial charge in [-0.3, -0.25) is 0 Å². The van der Waals surface area contributed by atoms with E-state index in [4.69, 9.17) is 0 Å². The number of allylic oxidation sites excluding steroid dienone is 3. The molecule has 3 nitrogen and oxygen atoms in total. The van der Waals surface area contributed by atoms with Crippen molar-refractivity contribution < 1.29 is 8.42 Å². The van der Waals surface area contributed by atoms with Crippen LogP contribution in [0.25, 0.3) is 0 Å². The summed E-state index contributed by atoms with van der Waals surface area (Å²) in [6.45, 7) is 1.95. The average molecular weight is 289 g/mol. The van der Waals surface area contributed by atoms with E-state index in [0.717, 1.165) is 24.8 Å². The van der Waals surface area contributed by atoms with E-state index in [1.165, 1.54) is 5.57 Å². The van der Waals surface area contributed by atoms with E-state index in [-0.39, 0.29) is 6.04 Å². The number of sulfonamides is 1. The van der Waals surface area contributed by atoms with Gasteiger partial charge in [0.15, 0.2) is 0 Å². The Balaban J connectivity index is 1.82. The first-order valence-electron chi connectivity index (χ1n) is 7.01. The number of hydrogen-bond acceptors (Lipinski definition) is 2. The first kappa shape index (κ1) is 13.6. The number of rotatable bonds is 5. The van der Waals surface area contributed by atoms with Gasteiger partial charge in [-0.15, -0.1) is 0 Å². The molecule has 0 saturated heterocycles. The second-order valence-electron chi connectivity index (χ2n) is 5.62. The van der Waals surface area contributed by atoms with Gasteiger partial charge >= 0.3 is 0 Å². The fraction of sp³-hybridized carbons (Fsp3) is 0.375. The lowest BCUT2D eigenvalue weighted by Crippen LogP contribution is -2.37. The highest BCUT2D eigenvalue weighted by molar-refractivity contribution is 7.89. The van der Waals surface area contributed by atoms with Gasteiger partial charge in [0.1, 0.15) is 0 Å². The van der Waals surface area contributed by atoms with Crippen molar-refractivity contribution in [3.63, 3.8) is 0 Å². The Kier molecular flexibility index (Phi) is 3.52. The van der Waals surface area contributed by atoms with Crippen LogP contribution in [0.5, 0.6) is 0 Å². The van der Waals surface area contributed by atoms with Crippen molar-refractivity contribution in [2.45, 2.75) is 37.1 Å². The smallest absolute Gasteiger partial charge is 0.207 e. The summed E-state index contributed by atoms with van der Waals surface area (Å²) in [7, 11) is -3.44. The Morgan fingerprint density at radius 3 is 2.45 bits per heavy atom. The predicted octanol–water partition coefficient (Wildman–Crippen LogP) is 2.94. The Hall–Kier alpha value is -1.39. The standard InChI is InChI=1S/C16H19NO2S/c1-12-6-10-15(11-7-12)20(18,19)17-16(14-8-9-14)13-4-2-3-5-13/h2-4,6-7,10-11,14,16-17H,5,8-9H2,1H3. The second kappa shape index (κ2) is 5.19. The molecule has 0 bridgehead atoms. The molecule has 0 aromatic heterocycles. The topological polar surface area (TPSA) is 46.2 Å². The second-order valence-corrected chi connectivity index (χ2v) is 7.34. The minimum absolute atomic E-state index is 0.0451. The molecule has 1 saturated carbocycles. The highest BCUT2D eigenvalue weighted by Gasteiger charge is 2.36. The zero-order chi connectivity index (χ0) is 14.2. The van der Waals surface area contributed by atoms with E-state index in [1.807, 2.05) is 31.2 Å². The van der Waals surface area contributed by atoms with Crippen LogP contribution in [-0.2, 0) is 10.0 Å². The predicted molar refractivity (Wildman–Crippen MR) is 79.9 cm³/mol. The normalized spacial score (nSPS) is 19.9. The molecule has 1 N–H and O–H groups in total. The lowest BCUT2D eigenvalue weighted by Gasteiger charge is -2.20. The third-order valence-corrected chi connectivity index (χ3v) is 5.36. The van der Waals surface area contributed by atoms with Crippen molar-refractivity contribution in [3.8, 4) is 0 Å². The molecule has 2 aliphatic rings. The van der Waals surface area contributed by atoms with Crippen LogP contribution in [-0.4, -0.2) is 14.5 Å². The zero-order valence-electron chi connectivity index (χ0n) is 11.5. The van der Waals surface area contributed by atoms with E-state index in [9.17, 15) is 8.42 Å². The number of nitrogens with one attached hydrogen (secondary N) is 1. The maximum Gasteiger partial charge on any atom is 0.241 e. The van der Waals surface area contributed by atoms with Gasteiger partial charge in [0.2, 0.25) is 10.0 Å². The highest BCUT2D eigenvalue weighted by Crippen LogP contribution is 2.38. The summed E-state index contributed by atoms with van der Waals surface area (Å²) in [5.74, 6) is 0.460. The van der Waals surface area contributed by atoms with Crippen LogP contribution in [0.3, 0.4) is 0 Å². The largest absolute Gasteiger partial charge is 0.241 e. The highest BCUT2D eigenvalue weighted by atomic mass is 32.2. The molecule has 1 aromatic carbocycles. The van der Waals surface area contributed by atoms with Gasteiger partial charge in [-0.05, 0) is 49.8 Å². The molecule has 0 amide bonds. The Labute approximate surface area is 120 Å². The molecule has 2 aliphatic carbocycles. The quantitative estimate of drug-likeness (QED) is 0.906. The molecule has 0 radical (unpaired) electrons. The maximum absolute atomic E-state index is 12.5. The molecule has 1 atom stereocenters. The van der Waals surface area contributed by atoms with E-state index in [2.05, 4.69) is 10.8 Å². The van der Waals surface area contributed by atoms with E-state index >= 15 is 0 Å². The fourth-order valence-corrected chi connectivity index (χ4v) is 3.86. The summed E-state index contributed by atoms with van der Waals surface area (Å²) in [6, 6.07) is 6.95. The summed E-state index contributed by atoms with van der Waals surface area (Å²) in [5.41, 5.74) is 2.24. The van der Waals surface area contributed by atoms with Gasteiger partial charge in [0.05, 0.1) is 4.90 Å². The monoisotopic (exact) mass is 289 g/mol. The third-order valence-electron chi connectivity index (χ3n) is 3.91. The Morgan fingerprint density at radius 2 is 1.90 bits per heavy atom. The van der Waals surface area contributed by atoms with Crippen LogP contribution in [0.1, 0.15) is 24.8 Å². The molecular weight excluding hydrogens is 270 g/mol. The van der Waals surface area contributed by atoms with E-state index in [1.54, 1.807) is 12.1 Å². The van der Waals surface area contributed by atoms with E-state index in [0.29, 0.717) is 10.8 Å². The van der Waals surface area contributed by atoms with Crippen molar-refractivity contribution in [2.24, 2.45) is 5.92 Å². The van der Waals surface area contributed by atoms with Crippen molar-refractivity contribution in [1.29, 1.82) is 0 Å². The fourth-order valence-electron chi connectivity index (χ4n) is 2.55. The van der Waals surface area contributed by atoms with Gasteiger partial charge < -0.3 is 0 Å². The summed E-state index contributed by atoms with van der Waals surface area (Å²) < 4.78 is 27.9. The van der Waals surface area contributed by atoms with Gasteiger partial charge in [-0.2, -0.15) is 0 Å². The van der Waals surface area contributed by atoms with Crippen molar-refractivity contribution in [3.05, 3.63) is 53.6 Å². The molecule has 1 aromatic rings. The minimum atomic E-state index is -3.44. The number of hydrogen-bond donors (Lipinski definition) is 1. The van der Waals surface area contributed by atoms with Gasteiger partial charge in [0, 0.05) is 6.04 Å². The molecule has 1 unspecified atom stereocenters. The van der Waals surface area contributed by atoms with E-state index < -0.39 is 10.0 Å². The van der Waals surface area contributed by atoms with Crippen LogP contribution < -0.4 is 4.72 Å². The summed E-state index contributed by atoms with van der Waals surface area (Å²) in [6.07, 6.45) is 9.20. The minimum Gasteiger partial charge on any atom is -0.207 e. The lowest BCUT2D eigenvalue weighted by molar-refractivity contribution is 0.545. The Morgan fingerprint density at radius 1 is 1.20 bits per heavy atom. The van der Waals surface area contributed by atoms with Crippen LogP contribution >= 0.6 is 0 Å². The van der Waals surface area contributed by atoms with Crippen molar-refractivity contribution in [2.75, 3.05) is 0 Å². The van der Waals surface area contributed by atoms with Gasteiger partial charge in [-0.1, -0.05) is 35.9 Å². The maximum atomic E-state index is 12.5. The first-order valence-corrected chi connectivity index (χ1v) is 8.49. The van der Waals surface area contributed by atoms with Crippen molar-refractivity contribution in [1.82, 2.24) is 4.72 Å². The summed E-state index contributed by atoms with van der Waals surface area (Å²) >= 11 is 0. The van der Waals surface area contributed by atoms with Gasteiger partial charge in [-0.25, -0.2) is 13.1 Å². The molecule has 0 aliphatic heterocycles. The Bertz CT molecular complexity index is 652.